The number of imide groups is 1. The predicted molar refractivity (Wildman–Crippen MR) is 79.0 cm³/mol. The summed E-state index contributed by atoms with van der Waals surface area (Å²) in [6, 6.07) is 10.6. The third kappa shape index (κ3) is 1.98. The average molecular weight is 283 g/mol. The Kier molecular flexibility index (Phi) is 3.24. The number of nitrogens with zero attached hydrogens (tertiary/aromatic N) is 1. The summed E-state index contributed by atoms with van der Waals surface area (Å²) >= 11 is 1.61. The number of hydrogen-bond donors (Lipinski definition) is 0. The van der Waals surface area contributed by atoms with Gasteiger partial charge in [-0.25, -0.2) is 0 Å². The van der Waals surface area contributed by atoms with Crippen molar-refractivity contribution in [3.8, 4) is 0 Å². The van der Waals surface area contributed by atoms with Crippen LogP contribution in [0.15, 0.2) is 54.4 Å². The molecule has 1 aromatic carbocycles. The van der Waals surface area contributed by atoms with E-state index in [2.05, 4.69) is 6.58 Å². The van der Waals surface area contributed by atoms with Crippen molar-refractivity contribution in [1.82, 2.24) is 4.90 Å². The predicted octanol–water partition coefficient (Wildman–Crippen LogP) is 3.14. The number of rotatable bonds is 4. The molecule has 1 aliphatic heterocycles. The molecule has 0 saturated carbocycles. The molecule has 0 N–H and O–H groups in total. The van der Waals surface area contributed by atoms with Crippen molar-refractivity contribution < 1.29 is 9.59 Å². The lowest BCUT2D eigenvalue weighted by Crippen LogP contribution is -2.39. The van der Waals surface area contributed by atoms with E-state index >= 15 is 0 Å². The molecule has 100 valence electrons. The van der Waals surface area contributed by atoms with Crippen molar-refractivity contribution >= 4 is 23.2 Å². The van der Waals surface area contributed by atoms with Gasteiger partial charge in [0, 0.05) is 11.3 Å². The lowest BCUT2D eigenvalue weighted by Gasteiger charge is -2.22. The first-order valence-electron chi connectivity index (χ1n) is 6.34. The highest BCUT2D eigenvalue weighted by Gasteiger charge is 2.38. The fourth-order valence-electron chi connectivity index (χ4n) is 2.42. The number of thiophene rings is 1. The smallest absolute Gasteiger partial charge is 0.262 e. The van der Waals surface area contributed by atoms with E-state index < -0.39 is 0 Å². The van der Waals surface area contributed by atoms with E-state index in [0.29, 0.717) is 17.5 Å². The molecule has 0 aliphatic carbocycles. The van der Waals surface area contributed by atoms with Crippen LogP contribution in [-0.4, -0.2) is 22.8 Å². The summed E-state index contributed by atoms with van der Waals surface area (Å²) in [6.07, 6.45) is 2.29. The second-order valence-corrected chi connectivity index (χ2v) is 5.64. The summed E-state index contributed by atoms with van der Waals surface area (Å²) in [6.45, 7) is 3.78. The van der Waals surface area contributed by atoms with Crippen molar-refractivity contribution in [3.05, 3.63) is 70.4 Å². The number of amides is 2. The van der Waals surface area contributed by atoms with Crippen molar-refractivity contribution in [2.75, 3.05) is 0 Å². The van der Waals surface area contributed by atoms with E-state index in [9.17, 15) is 9.59 Å². The van der Waals surface area contributed by atoms with Gasteiger partial charge in [-0.3, -0.25) is 14.5 Å². The number of hydrogen-bond acceptors (Lipinski definition) is 3. The molecule has 2 aromatic rings. The van der Waals surface area contributed by atoms with Crippen molar-refractivity contribution in [2.45, 2.75) is 12.5 Å². The van der Waals surface area contributed by atoms with Crippen LogP contribution >= 0.6 is 11.3 Å². The Labute approximate surface area is 121 Å². The molecular formula is C16H13NO2S. The number of fused-ring (bicyclic) bond motifs is 1. The molecule has 3 nitrogen and oxygen atoms in total. The van der Waals surface area contributed by atoms with Crippen LogP contribution in [0.2, 0.25) is 0 Å². The van der Waals surface area contributed by atoms with Crippen LogP contribution in [0.25, 0.3) is 0 Å². The molecule has 0 bridgehead atoms. The minimum atomic E-state index is -0.305. The van der Waals surface area contributed by atoms with Crippen LogP contribution in [-0.2, 0) is 6.42 Å². The average Bonchev–Trinajstić information content (AvgIpc) is 3.06. The van der Waals surface area contributed by atoms with Gasteiger partial charge in [-0.05, 0) is 23.6 Å². The Bertz CT molecular complexity index is 641. The highest BCUT2D eigenvalue weighted by atomic mass is 32.1. The van der Waals surface area contributed by atoms with Gasteiger partial charge in [0.05, 0.1) is 17.2 Å². The number of benzene rings is 1. The largest absolute Gasteiger partial charge is 0.269 e. The van der Waals surface area contributed by atoms with E-state index in [0.717, 1.165) is 4.88 Å². The number of carbonyl (C=O) groups is 2. The quantitative estimate of drug-likeness (QED) is 0.638. The Balaban J connectivity index is 1.92. The van der Waals surface area contributed by atoms with E-state index in [-0.39, 0.29) is 17.9 Å². The Hall–Kier alpha value is -2.20. The van der Waals surface area contributed by atoms with Gasteiger partial charge in [0.2, 0.25) is 0 Å². The van der Waals surface area contributed by atoms with Crippen LogP contribution < -0.4 is 0 Å². The summed E-state index contributed by atoms with van der Waals surface area (Å²) < 4.78 is 0. The van der Waals surface area contributed by atoms with Gasteiger partial charge in [0.25, 0.3) is 11.8 Å². The second kappa shape index (κ2) is 5.06. The summed E-state index contributed by atoms with van der Waals surface area (Å²) in [5.74, 6) is -0.459. The van der Waals surface area contributed by atoms with Gasteiger partial charge in [0.1, 0.15) is 0 Å². The molecule has 4 heteroatoms. The summed E-state index contributed by atoms with van der Waals surface area (Å²) in [5, 5.41) is 1.98. The molecule has 1 atom stereocenters. The molecule has 20 heavy (non-hydrogen) atoms. The van der Waals surface area contributed by atoms with Crippen LogP contribution in [0, 0.1) is 0 Å². The molecular weight excluding hydrogens is 270 g/mol. The van der Waals surface area contributed by atoms with Crippen LogP contribution in [0.5, 0.6) is 0 Å². The van der Waals surface area contributed by atoms with Crippen LogP contribution in [0.1, 0.15) is 25.6 Å². The van der Waals surface area contributed by atoms with Crippen molar-refractivity contribution in [2.24, 2.45) is 0 Å². The summed E-state index contributed by atoms with van der Waals surface area (Å²) in [5.41, 5.74) is 0.964. The van der Waals surface area contributed by atoms with E-state index in [4.69, 9.17) is 0 Å². The molecule has 1 aromatic heterocycles. The fraction of sp³-hybridized carbons (Fsp3) is 0.125. The minimum absolute atomic E-state index is 0.230. The highest BCUT2D eigenvalue weighted by Crippen LogP contribution is 2.26. The zero-order valence-electron chi connectivity index (χ0n) is 10.8. The summed E-state index contributed by atoms with van der Waals surface area (Å²) in [4.78, 5) is 27.2. The molecule has 3 rings (SSSR count). The van der Waals surface area contributed by atoms with Gasteiger partial charge in [-0.2, -0.15) is 0 Å². The highest BCUT2D eigenvalue weighted by molar-refractivity contribution is 7.09. The first kappa shape index (κ1) is 12.8. The lowest BCUT2D eigenvalue weighted by molar-refractivity contribution is 0.0615. The van der Waals surface area contributed by atoms with E-state index in [1.807, 2.05) is 17.5 Å². The third-order valence-corrected chi connectivity index (χ3v) is 4.32. The molecule has 0 saturated heterocycles. The van der Waals surface area contributed by atoms with Gasteiger partial charge in [-0.15, -0.1) is 17.9 Å². The topological polar surface area (TPSA) is 37.4 Å². The van der Waals surface area contributed by atoms with Gasteiger partial charge < -0.3 is 0 Å². The van der Waals surface area contributed by atoms with Gasteiger partial charge in [0.15, 0.2) is 0 Å². The Morgan fingerprint density at radius 2 is 1.75 bits per heavy atom. The summed E-state index contributed by atoms with van der Waals surface area (Å²) in [7, 11) is 0. The maximum atomic E-state index is 12.4. The van der Waals surface area contributed by atoms with Gasteiger partial charge in [-0.1, -0.05) is 24.3 Å². The monoisotopic (exact) mass is 283 g/mol. The molecule has 2 heterocycles. The van der Waals surface area contributed by atoms with Crippen LogP contribution in [0.4, 0.5) is 0 Å². The maximum Gasteiger partial charge on any atom is 0.262 e. The fourth-order valence-corrected chi connectivity index (χ4v) is 3.18. The first-order valence-corrected chi connectivity index (χ1v) is 7.22. The van der Waals surface area contributed by atoms with Crippen molar-refractivity contribution in [3.63, 3.8) is 0 Å². The second-order valence-electron chi connectivity index (χ2n) is 4.61. The Morgan fingerprint density at radius 1 is 1.10 bits per heavy atom. The van der Waals surface area contributed by atoms with Gasteiger partial charge >= 0.3 is 0 Å². The third-order valence-electron chi connectivity index (χ3n) is 3.42. The van der Waals surface area contributed by atoms with Crippen LogP contribution in [0.3, 0.4) is 0 Å². The van der Waals surface area contributed by atoms with E-state index in [1.165, 1.54) is 4.90 Å². The molecule has 1 unspecified atom stereocenters. The molecule has 0 fully saturated rings. The van der Waals surface area contributed by atoms with E-state index in [1.54, 1.807) is 41.7 Å². The molecule has 2 amide bonds. The minimum Gasteiger partial charge on any atom is -0.269 e. The number of carbonyl (C=O) groups excluding carboxylic acids is 2. The molecule has 0 radical (unpaired) electrons. The Morgan fingerprint density at radius 3 is 2.25 bits per heavy atom. The molecule has 0 spiro atoms. The standard InChI is InChI=1S/C16H13NO2S/c1-2-11(10-12-6-5-9-20-12)17-15(18)13-7-3-4-8-14(13)16(17)19/h2-9,11H,1,10H2. The lowest BCUT2D eigenvalue weighted by atomic mass is 10.1. The first-order chi connectivity index (χ1) is 9.72. The zero-order chi connectivity index (χ0) is 14.1. The molecule has 1 aliphatic rings. The SMILES string of the molecule is C=CC(Cc1cccs1)N1C(=O)c2ccccc2C1=O. The van der Waals surface area contributed by atoms with Crippen molar-refractivity contribution in [1.29, 1.82) is 0 Å². The normalized spacial score (nSPS) is 15.3. The maximum absolute atomic E-state index is 12.4. The zero-order valence-corrected chi connectivity index (χ0v) is 11.6.